The van der Waals surface area contributed by atoms with Crippen LogP contribution in [0.2, 0.25) is 5.02 Å². The van der Waals surface area contributed by atoms with Gasteiger partial charge < -0.3 is 9.88 Å². The molecule has 1 amide bonds. The van der Waals surface area contributed by atoms with Crippen molar-refractivity contribution in [1.29, 1.82) is 0 Å². The number of carbonyl (C=O) groups excluding carboxylic acids is 1. The van der Waals surface area contributed by atoms with Crippen LogP contribution in [0.25, 0.3) is 10.9 Å². The number of hydrogen-bond donors (Lipinski definition) is 1. The van der Waals surface area contributed by atoms with Gasteiger partial charge in [0, 0.05) is 28.2 Å². The van der Waals surface area contributed by atoms with E-state index in [9.17, 15) is 26.7 Å². The molecule has 1 unspecified atom stereocenters. The lowest BCUT2D eigenvalue weighted by Crippen LogP contribution is -2.41. The summed E-state index contributed by atoms with van der Waals surface area (Å²) in [6.07, 6.45) is 0.324. The summed E-state index contributed by atoms with van der Waals surface area (Å²) in [5.74, 6) is -12.3. The topological polar surface area (TPSA) is 36.1 Å². The number of nitrogens with zero attached hydrogens (tertiary/aromatic N) is 1. The average Bonchev–Trinajstić information content (AvgIpc) is 3.20. The molecule has 0 saturated heterocycles. The van der Waals surface area contributed by atoms with Crippen LogP contribution in [-0.4, -0.2) is 22.3 Å². The standard InChI is InChI=1S/C24H14ClF5N2O/c25-12-7-5-11(6-8-12)23-22-14(13-3-1-2-4-15(13)31-22)9-10-32(23)24(33)16-17(26)19(28)21(30)20(29)18(16)27/h1-8,23,31H,9-10H2. The fourth-order valence-corrected chi connectivity index (χ4v) is 4.51. The first-order valence-electron chi connectivity index (χ1n) is 9.97. The lowest BCUT2D eigenvalue weighted by Gasteiger charge is -2.36. The lowest BCUT2D eigenvalue weighted by atomic mass is 9.91. The Morgan fingerprint density at radius 1 is 0.879 bits per heavy atom. The largest absolute Gasteiger partial charge is 0.356 e. The number of aromatic amines is 1. The number of halogens is 6. The van der Waals surface area contributed by atoms with Crippen LogP contribution in [-0.2, 0) is 6.42 Å². The van der Waals surface area contributed by atoms with Gasteiger partial charge in [0.15, 0.2) is 23.3 Å². The van der Waals surface area contributed by atoms with E-state index in [0.29, 0.717) is 22.7 Å². The normalized spacial score (nSPS) is 15.7. The second-order valence-corrected chi connectivity index (χ2v) is 8.15. The molecular weight excluding hydrogens is 463 g/mol. The van der Waals surface area contributed by atoms with Gasteiger partial charge in [-0.15, -0.1) is 0 Å². The Hall–Kier alpha value is -3.39. The van der Waals surface area contributed by atoms with Crippen molar-refractivity contribution in [2.24, 2.45) is 0 Å². The van der Waals surface area contributed by atoms with Crippen LogP contribution in [0.4, 0.5) is 22.0 Å². The molecule has 3 nitrogen and oxygen atoms in total. The molecule has 1 aliphatic heterocycles. The van der Waals surface area contributed by atoms with Crippen LogP contribution in [0, 0.1) is 29.1 Å². The fraction of sp³-hybridized carbons (Fsp3) is 0.125. The molecule has 1 atom stereocenters. The maximum Gasteiger partial charge on any atom is 0.260 e. The molecule has 0 aliphatic carbocycles. The summed E-state index contributed by atoms with van der Waals surface area (Å²) < 4.78 is 70.1. The summed E-state index contributed by atoms with van der Waals surface area (Å²) in [6.45, 7) is 0.000465. The van der Waals surface area contributed by atoms with E-state index in [1.54, 1.807) is 24.3 Å². The van der Waals surface area contributed by atoms with Crippen LogP contribution < -0.4 is 0 Å². The molecule has 33 heavy (non-hydrogen) atoms. The summed E-state index contributed by atoms with van der Waals surface area (Å²) in [5, 5.41) is 1.36. The number of H-pyrrole nitrogens is 1. The Balaban J connectivity index is 1.70. The quantitative estimate of drug-likeness (QED) is 0.205. The van der Waals surface area contributed by atoms with Gasteiger partial charge in [-0.25, -0.2) is 22.0 Å². The van der Waals surface area contributed by atoms with Gasteiger partial charge in [-0.2, -0.15) is 0 Å². The number of carbonyl (C=O) groups is 1. The molecule has 3 aromatic carbocycles. The van der Waals surface area contributed by atoms with Gasteiger partial charge in [0.25, 0.3) is 5.91 Å². The monoisotopic (exact) mass is 476 g/mol. The van der Waals surface area contributed by atoms with E-state index < -0.39 is 46.6 Å². The highest BCUT2D eigenvalue weighted by Crippen LogP contribution is 2.40. The number of para-hydroxylation sites is 1. The smallest absolute Gasteiger partial charge is 0.260 e. The number of aromatic nitrogens is 1. The maximum absolute atomic E-state index is 14.5. The molecule has 0 spiro atoms. The van der Waals surface area contributed by atoms with E-state index in [-0.39, 0.29) is 6.54 Å². The summed E-state index contributed by atoms with van der Waals surface area (Å²) >= 11 is 5.99. The minimum Gasteiger partial charge on any atom is -0.356 e. The molecule has 2 heterocycles. The highest BCUT2D eigenvalue weighted by atomic mass is 35.5. The van der Waals surface area contributed by atoms with Crippen molar-refractivity contribution >= 4 is 28.4 Å². The first-order chi connectivity index (χ1) is 15.8. The third-order valence-corrected chi connectivity index (χ3v) is 6.16. The van der Waals surface area contributed by atoms with Gasteiger partial charge in [0.2, 0.25) is 5.82 Å². The molecular formula is C24H14ClF5N2O. The number of benzene rings is 3. The maximum atomic E-state index is 14.5. The lowest BCUT2D eigenvalue weighted by molar-refractivity contribution is 0.0678. The van der Waals surface area contributed by atoms with Crippen molar-refractivity contribution in [2.45, 2.75) is 12.5 Å². The Morgan fingerprint density at radius 2 is 1.48 bits per heavy atom. The van der Waals surface area contributed by atoms with Gasteiger partial charge in [0.1, 0.15) is 5.56 Å². The molecule has 0 bridgehead atoms. The molecule has 1 aromatic heterocycles. The molecule has 1 aliphatic rings. The number of rotatable bonds is 2. The zero-order chi connectivity index (χ0) is 23.4. The number of amides is 1. The van der Waals surface area contributed by atoms with Gasteiger partial charge >= 0.3 is 0 Å². The molecule has 4 aromatic rings. The SMILES string of the molecule is O=C(c1c(F)c(F)c(F)c(F)c1F)N1CCc2c([nH]c3ccccc23)C1c1ccc(Cl)cc1. The highest BCUT2D eigenvalue weighted by Gasteiger charge is 2.39. The minimum absolute atomic E-state index is 0.000465. The van der Waals surface area contributed by atoms with Gasteiger partial charge in [-0.1, -0.05) is 41.9 Å². The van der Waals surface area contributed by atoms with Crippen LogP contribution in [0.5, 0.6) is 0 Å². The van der Waals surface area contributed by atoms with E-state index in [2.05, 4.69) is 4.98 Å². The Morgan fingerprint density at radius 3 is 2.15 bits per heavy atom. The first-order valence-corrected chi connectivity index (χ1v) is 10.3. The second-order valence-electron chi connectivity index (χ2n) is 7.71. The van der Waals surface area contributed by atoms with Gasteiger partial charge in [-0.3, -0.25) is 4.79 Å². The summed E-state index contributed by atoms with van der Waals surface area (Å²) in [7, 11) is 0. The van der Waals surface area contributed by atoms with E-state index in [1.165, 1.54) is 0 Å². The number of nitrogens with one attached hydrogen (secondary N) is 1. The predicted octanol–water partition coefficient (Wildman–Crippen LogP) is 6.30. The molecule has 9 heteroatoms. The molecule has 168 valence electrons. The first kappa shape index (κ1) is 21.5. The molecule has 5 rings (SSSR count). The zero-order valence-corrected chi connectivity index (χ0v) is 17.5. The van der Waals surface area contributed by atoms with Crippen LogP contribution in [0.3, 0.4) is 0 Å². The Kier molecular flexibility index (Phi) is 5.12. The summed E-state index contributed by atoms with van der Waals surface area (Å²) in [4.78, 5) is 17.6. The molecule has 0 radical (unpaired) electrons. The van der Waals surface area contributed by atoms with Crippen LogP contribution >= 0.6 is 11.6 Å². The van der Waals surface area contributed by atoms with E-state index >= 15 is 0 Å². The number of hydrogen-bond acceptors (Lipinski definition) is 1. The summed E-state index contributed by atoms with van der Waals surface area (Å²) in [5.41, 5.74) is 1.38. The Bertz CT molecular complexity index is 1390. The van der Waals surface area contributed by atoms with Crippen molar-refractivity contribution in [2.75, 3.05) is 6.54 Å². The van der Waals surface area contributed by atoms with Crippen molar-refractivity contribution in [3.05, 3.63) is 105 Å². The second kappa shape index (κ2) is 7.88. The zero-order valence-electron chi connectivity index (χ0n) is 16.7. The highest BCUT2D eigenvalue weighted by molar-refractivity contribution is 6.30. The van der Waals surface area contributed by atoms with E-state index in [1.807, 2.05) is 24.3 Å². The third-order valence-electron chi connectivity index (χ3n) is 5.90. The third kappa shape index (κ3) is 3.28. The summed E-state index contributed by atoms with van der Waals surface area (Å²) in [6, 6.07) is 13.1. The van der Waals surface area contributed by atoms with Crippen LogP contribution in [0.15, 0.2) is 48.5 Å². The van der Waals surface area contributed by atoms with Crippen molar-refractivity contribution < 1.29 is 26.7 Å². The fourth-order valence-electron chi connectivity index (χ4n) is 4.39. The number of fused-ring (bicyclic) bond motifs is 3. The molecule has 1 N–H and O–H groups in total. The van der Waals surface area contributed by atoms with Crippen LogP contribution in [0.1, 0.15) is 33.2 Å². The molecule has 0 fully saturated rings. The van der Waals surface area contributed by atoms with Crippen molar-refractivity contribution in [1.82, 2.24) is 9.88 Å². The van der Waals surface area contributed by atoms with Crippen molar-refractivity contribution in [3.8, 4) is 0 Å². The van der Waals surface area contributed by atoms with Gasteiger partial charge in [-0.05, 0) is 35.7 Å². The van der Waals surface area contributed by atoms with Gasteiger partial charge in [0.05, 0.1) is 6.04 Å². The van der Waals surface area contributed by atoms with E-state index in [4.69, 9.17) is 11.6 Å². The van der Waals surface area contributed by atoms with E-state index in [0.717, 1.165) is 21.4 Å². The Labute approximate surface area is 189 Å². The molecule has 0 saturated carbocycles. The van der Waals surface area contributed by atoms with Crippen molar-refractivity contribution in [3.63, 3.8) is 0 Å². The predicted molar refractivity (Wildman–Crippen MR) is 113 cm³/mol. The average molecular weight is 477 g/mol. The minimum atomic E-state index is -2.31.